The van der Waals surface area contributed by atoms with E-state index in [9.17, 15) is 9.18 Å². The SMILES string of the molecule is COc1c(Cl)cc(Cl)cc1C(=O)Nc1ccc2oc(-c3cccc(F)c3)nc2c1. The fourth-order valence-corrected chi connectivity index (χ4v) is 3.46. The molecule has 0 fully saturated rings. The summed E-state index contributed by atoms with van der Waals surface area (Å²) in [5.74, 6) is -0.318. The van der Waals surface area contributed by atoms with Gasteiger partial charge >= 0.3 is 0 Å². The molecule has 29 heavy (non-hydrogen) atoms. The van der Waals surface area contributed by atoms with E-state index in [0.29, 0.717) is 27.4 Å². The van der Waals surface area contributed by atoms with Crippen LogP contribution in [0.2, 0.25) is 10.0 Å². The molecule has 4 rings (SSSR count). The van der Waals surface area contributed by atoms with Crippen molar-refractivity contribution in [1.82, 2.24) is 4.98 Å². The minimum Gasteiger partial charge on any atom is -0.494 e. The van der Waals surface area contributed by atoms with Crippen LogP contribution in [0, 0.1) is 5.82 Å². The number of amides is 1. The molecule has 0 unspecified atom stereocenters. The van der Waals surface area contributed by atoms with Crippen molar-refractivity contribution in [2.45, 2.75) is 0 Å². The number of halogens is 3. The Hall–Kier alpha value is -3.09. The molecule has 4 aromatic rings. The number of oxazole rings is 1. The molecule has 5 nitrogen and oxygen atoms in total. The number of fused-ring (bicyclic) bond motifs is 1. The Kier molecular flexibility index (Phi) is 5.13. The summed E-state index contributed by atoms with van der Waals surface area (Å²) < 4.78 is 24.3. The number of hydrogen-bond acceptors (Lipinski definition) is 4. The molecule has 0 bridgehead atoms. The van der Waals surface area contributed by atoms with Crippen LogP contribution in [0.25, 0.3) is 22.6 Å². The van der Waals surface area contributed by atoms with E-state index in [-0.39, 0.29) is 28.0 Å². The van der Waals surface area contributed by atoms with E-state index in [1.54, 1.807) is 30.3 Å². The Bertz CT molecular complexity index is 1240. The van der Waals surface area contributed by atoms with Gasteiger partial charge in [-0.3, -0.25) is 4.79 Å². The molecule has 3 aromatic carbocycles. The fraction of sp³-hybridized carbons (Fsp3) is 0.0476. The first kappa shape index (κ1) is 19.2. The molecular formula is C21H13Cl2FN2O3. The van der Waals surface area contributed by atoms with E-state index in [0.717, 1.165) is 0 Å². The second kappa shape index (κ2) is 7.73. The van der Waals surface area contributed by atoms with E-state index in [4.69, 9.17) is 32.4 Å². The summed E-state index contributed by atoms with van der Waals surface area (Å²) in [6.07, 6.45) is 0. The molecule has 1 heterocycles. The minimum atomic E-state index is -0.445. The molecular weight excluding hydrogens is 418 g/mol. The summed E-state index contributed by atoms with van der Waals surface area (Å²) in [7, 11) is 1.42. The van der Waals surface area contributed by atoms with Crippen LogP contribution in [-0.2, 0) is 0 Å². The van der Waals surface area contributed by atoms with Gasteiger partial charge in [0.25, 0.3) is 5.91 Å². The molecule has 1 aromatic heterocycles. The fourth-order valence-electron chi connectivity index (χ4n) is 2.89. The van der Waals surface area contributed by atoms with E-state index in [1.165, 1.54) is 31.4 Å². The van der Waals surface area contributed by atoms with Crippen LogP contribution in [0.4, 0.5) is 10.1 Å². The molecule has 0 saturated carbocycles. The average molecular weight is 431 g/mol. The number of ether oxygens (including phenoxy) is 1. The predicted molar refractivity (Wildman–Crippen MR) is 110 cm³/mol. The molecule has 0 saturated heterocycles. The highest BCUT2D eigenvalue weighted by atomic mass is 35.5. The third-order valence-corrected chi connectivity index (χ3v) is 4.67. The van der Waals surface area contributed by atoms with Gasteiger partial charge in [0.15, 0.2) is 5.58 Å². The Balaban J connectivity index is 1.65. The van der Waals surface area contributed by atoms with Crippen LogP contribution >= 0.6 is 23.2 Å². The average Bonchev–Trinajstić information content (AvgIpc) is 3.11. The molecule has 1 N–H and O–H groups in total. The van der Waals surface area contributed by atoms with Crippen molar-refractivity contribution in [2.24, 2.45) is 0 Å². The first-order chi connectivity index (χ1) is 13.9. The van der Waals surface area contributed by atoms with Crippen molar-refractivity contribution in [2.75, 3.05) is 12.4 Å². The standard InChI is InChI=1S/C21H13Cl2FN2O3/c1-28-19-15(8-12(22)9-16(19)23)20(27)25-14-5-6-18-17(10-14)26-21(29-18)11-3-2-4-13(24)7-11/h2-10H,1H3,(H,25,27). The van der Waals surface area contributed by atoms with Crippen molar-refractivity contribution >= 4 is 45.9 Å². The van der Waals surface area contributed by atoms with Crippen molar-refractivity contribution in [3.8, 4) is 17.2 Å². The van der Waals surface area contributed by atoms with Crippen LogP contribution in [0.15, 0.2) is 59.0 Å². The number of benzene rings is 3. The minimum absolute atomic E-state index is 0.200. The third-order valence-electron chi connectivity index (χ3n) is 4.17. The van der Waals surface area contributed by atoms with E-state index < -0.39 is 5.91 Å². The van der Waals surface area contributed by atoms with Gasteiger partial charge < -0.3 is 14.5 Å². The number of carbonyl (C=O) groups excluding carboxylic acids is 1. The number of aromatic nitrogens is 1. The monoisotopic (exact) mass is 430 g/mol. The number of nitrogens with zero attached hydrogens (tertiary/aromatic N) is 1. The van der Waals surface area contributed by atoms with E-state index >= 15 is 0 Å². The largest absolute Gasteiger partial charge is 0.494 e. The van der Waals surface area contributed by atoms with Gasteiger partial charge in [-0.2, -0.15) is 0 Å². The first-order valence-electron chi connectivity index (χ1n) is 8.45. The van der Waals surface area contributed by atoms with Crippen LogP contribution in [-0.4, -0.2) is 18.0 Å². The third kappa shape index (κ3) is 3.90. The van der Waals surface area contributed by atoms with Gasteiger partial charge in [-0.25, -0.2) is 9.37 Å². The lowest BCUT2D eigenvalue weighted by molar-refractivity contribution is 0.102. The summed E-state index contributed by atoms with van der Waals surface area (Å²) in [5.41, 5.74) is 2.22. The smallest absolute Gasteiger partial charge is 0.259 e. The second-order valence-electron chi connectivity index (χ2n) is 6.13. The van der Waals surface area contributed by atoms with E-state index in [2.05, 4.69) is 10.3 Å². The molecule has 8 heteroatoms. The lowest BCUT2D eigenvalue weighted by atomic mass is 10.1. The lowest BCUT2D eigenvalue weighted by Crippen LogP contribution is -2.13. The second-order valence-corrected chi connectivity index (χ2v) is 6.98. The zero-order chi connectivity index (χ0) is 20.5. The Morgan fingerprint density at radius 2 is 1.97 bits per heavy atom. The number of carbonyl (C=O) groups is 1. The lowest BCUT2D eigenvalue weighted by Gasteiger charge is -2.11. The zero-order valence-corrected chi connectivity index (χ0v) is 16.5. The van der Waals surface area contributed by atoms with Gasteiger partial charge in [0, 0.05) is 16.3 Å². The highest BCUT2D eigenvalue weighted by Gasteiger charge is 2.18. The van der Waals surface area contributed by atoms with E-state index in [1.807, 2.05) is 0 Å². The van der Waals surface area contributed by atoms with Gasteiger partial charge in [-0.15, -0.1) is 0 Å². The number of rotatable bonds is 4. The summed E-state index contributed by atoms with van der Waals surface area (Å²) in [6.45, 7) is 0. The van der Waals surface area contributed by atoms with Gasteiger partial charge in [-0.05, 0) is 48.5 Å². The van der Waals surface area contributed by atoms with Crippen molar-refractivity contribution < 1.29 is 18.3 Å². The molecule has 0 radical (unpaired) electrons. The highest BCUT2D eigenvalue weighted by molar-refractivity contribution is 6.36. The molecule has 1 amide bonds. The number of methoxy groups -OCH3 is 1. The quantitative estimate of drug-likeness (QED) is 0.418. The Morgan fingerprint density at radius 1 is 1.14 bits per heavy atom. The number of nitrogens with one attached hydrogen (secondary N) is 1. The van der Waals surface area contributed by atoms with Gasteiger partial charge in [-0.1, -0.05) is 29.3 Å². The topological polar surface area (TPSA) is 64.4 Å². The Labute approximate surface area is 175 Å². The summed E-state index contributed by atoms with van der Waals surface area (Å²) in [4.78, 5) is 17.1. The summed E-state index contributed by atoms with van der Waals surface area (Å²) in [6, 6.07) is 13.9. The van der Waals surface area contributed by atoms with Crippen LogP contribution < -0.4 is 10.1 Å². The number of hydrogen-bond donors (Lipinski definition) is 1. The molecule has 0 atom stereocenters. The predicted octanol–water partition coefficient (Wildman–Crippen LogP) is 6.20. The van der Waals surface area contributed by atoms with Gasteiger partial charge in [0.2, 0.25) is 5.89 Å². The number of anilines is 1. The molecule has 0 aliphatic carbocycles. The zero-order valence-electron chi connectivity index (χ0n) is 15.0. The van der Waals surface area contributed by atoms with Crippen LogP contribution in [0.1, 0.15) is 10.4 Å². The van der Waals surface area contributed by atoms with Crippen LogP contribution in [0.5, 0.6) is 5.75 Å². The van der Waals surface area contributed by atoms with Crippen molar-refractivity contribution in [3.63, 3.8) is 0 Å². The van der Waals surface area contributed by atoms with Gasteiger partial charge in [0.05, 0.1) is 17.7 Å². The van der Waals surface area contributed by atoms with Crippen LogP contribution in [0.3, 0.4) is 0 Å². The maximum atomic E-state index is 13.4. The maximum absolute atomic E-state index is 13.4. The highest BCUT2D eigenvalue weighted by Crippen LogP contribution is 2.33. The van der Waals surface area contributed by atoms with Crippen molar-refractivity contribution in [3.05, 3.63) is 76.0 Å². The summed E-state index contributed by atoms with van der Waals surface area (Å²) in [5, 5.41) is 3.31. The molecule has 0 spiro atoms. The van der Waals surface area contributed by atoms with Crippen molar-refractivity contribution in [1.29, 1.82) is 0 Å². The normalized spacial score (nSPS) is 10.9. The maximum Gasteiger partial charge on any atom is 0.259 e. The van der Waals surface area contributed by atoms with Gasteiger partial charge in [0.1, 0.15) is 17.1 Å². The first-order valence-corrected chi connectivity index (χ1v) is 9.21. The molecule has 146 valence electrons. The summed E-state index contributed by atoms with van der Waals surface area (Å²) >= 11 is 12.1. The Morgan fingerprint density at radius 3 is 2.72 bits per heavy atom. The molecule has 0 aliphatic rings. The molecule has 0 aliphatic heterocycles.